The number of nitrogens with two attached hydrogens (primary N) is 1. The first-order valence-electron chi connectivity index (χ1n) is 7.09. The summed E-state index contributed by atoms with van der Waals surface area (Å²) in [6, 6.07) is -1.52. The lowest BCUT2D eigenvalue weighted by Crippen LogP contribution is -2.40. The Morgan fingerprint density at radius 3 is 2.27 bits per heavy atom. The van der Waals surface area contributed by atoms with Crippen molar-refractivity contribution in [2.45, 2.75) is 59.1 Å². The Morgan fingerprint density at radius 1 is 1.23 bits per heavy atom. The van der Waals surface area contributed by atoms with Crippen molar-refractivity contribution in [3.63, 3.8) is 0 Å². The molecule has 4 N–H and O–H groups in total. The molecule has 126 valence electrons. The van der Waals surface area contributed by atoms with Crippen LogP contribution in [0.25, 0.3) is 0 Å². The van der Waals surface area contributed by atoms with E-state index in [2.05, 4.69) is 10.4 Å². The monoisotopic (exact) mass is 314 g/mol. The third kappa shape index (κ3) is 11.7. The lowest BCUT2D eigenvalue weighted by Gasteiger charge is -2.21. The lowest BCUT2D eigenvalue weighted by atomic mass is 10.1. The first-order chi connectivity index (χ1) is 9.99. The number of amides is 3. The van der Waals surface area contributed by atoms with Gasteiger partial charge in [-0.25, -0.2) is 10.2 Å². The van der Waals surface area contributed by atoms with Gasteiger partial charge in [0.15, 0.2) is 0 Å². The van der Waals surface area contributed by atoms with Crippen LogP contribution in [0.5, 0.6) is 0 Å². The number of carbonyl (C=O) groups is 3. The second-order valence-electron chi connectivity index (χ2n) is 6.32. The van der Waals surface area contributed by atoms with Crippen molar-refractivity contribution in [1.82, 2.24) is 10.7 Å². The summed E-state index contributed by atoms with van der Waals surface area (Å²) >= 11 is 0. The molecule has 0 saturated carbocycles. The number of rotatable bonds is 7. The van der Waals surface area contributed by atoms with E-state index in [4.69, 9.17) is 10.5 Å². The van der Waals surface area contributed by atoms with Gasteiger partial charge in [0, 0.05) is 12.6 Å². The first kappa shape index (κ1) is 19.9. The summed E-state index contributed by atoms with van der Waals surface area (Å²) < 4.78 is 5.19. The van der Waals surface area contributed by atoms with Crippen LogP contribution in [-0.4, -0.2) is 35.8 Å². The molecule has 0 aromatic heterocycles. The van der Waals surface area contributed by atoms with Gasteiger partial charge in [-0.15, -0.1) is 0 Å². The predicted octanol–water partition coefficient (Wildman–Crippen LogP) is 0.903. The van der Waals surface area contributed by atoms with Crippen LogP contribution in [0.15, 0.2) is 5.10 Å². The van der Waals surface area contributed by atoms with E-state index in [1.54, 1.807) is 20.8 Å². The Morgan fingerprint density at radius 2 is 1.82 bits per heavy atom. The molecule has 0 saturated heterocycles. The largest absolute Gasteiger partial charge is 0.460 e. The molecule has 0 fully saturated rings. The highest BCUT2D eigenvalue weighted by Crippen LogP contribution is 2.09. The zero-order valence-corrected chi connectivity index (χ0v) is 13.8. The van der Waals surface area contributed by atoms with Crippen molar-refractivity contribution in [2.75, 3.05) is 0 Å². The highest BCUT2D eigenvalue weighted by atomic mass is 16.6. The molecule has 8 nitrogen and oxygen atoms in total. The van der Waals surface area contributed by atoms with Gasteiger partial charge in [0.05, 0.1) is 12.5 Å². The minimum absolute atomic E-state index is 0.0922. The second kappa shape index (κ2) is 9.01. The summed E-state index contributed by atoms with van der Waals surface area (Å²) in [7, 11) is 0. The second-order valence-corrected chi connectivity index (χ2v) is 6.32. The number of carbonyl (C=O) groups excluding carboxylic acids is 3. The van der Waals surface area contributed by atoms with Crippen LogP contribution in [0.4, 0.5) is 4.79 Å². The molecule has 1 atom stereocenters. The summed E-state index contributed by atoms with van der Waals surface area (Å²) in [5.41, 5.74) is 6.29. The number of nitrogens with zero attached hydrogens (tertiary/aromatic N) is 1. The molecule has 3 amide bonds. The fraction of sp³-hybridized carbons (Fsp3) is 0.714. The van der Waals surface area contributed by atoms with E-state index in [0.29, 0.717) is 6.42 Å². The Kier molecular flexibility index (Phi) is 8.14. The molecule has 8 heteroatoms. The topological polar surface area (TPSA) is 123 Å². The van der Waals surface area contributed by atoms with Crippen LogP contribution in [0.3, 0.4) is 0 Å². The van der Waals surface area contributed by atoms with E-state index in [0.717, 1.165) is 0 Å². The van der Waals surface area contributed by atoms with Gasteiger partial charge < -0.3 is 15.8 Å². The minimum Gasteiger partial charge on any atom is -0.460 e. The van der Waals surface area contributed by atoms with Gasteiger partial charge in [-0.3, -0.25) is 9.59 Å². The highest BCUT2D eigenvalue weighted by molar-refractivity contribution is 5.84. The van der Waals surface area contributed by atoms with E-state index in [-0.39, 0.29) is 18.2 Å². The maximum atomic E-state index is 11.8. The molecule has 0 bridgehead atoms. The van der Waals surface area contributed by atoms with Gasteiger partial charge in [0.1, 0.15) is 5.60 Å². The molecule has 0 rings (SSSR count). The van der Waals surface area contributed by atoms with Crippen molar-refractivity contribution in [2.24, 2.45) is 16.8 Å². The maximum Gasteiger partial charge on any atom is 0.332 e. The van der Waals surface area contributed by atoms with Crippen LogP contribution in [0.1, 0.15) is 47.5 Å². The first-order valence-corrected chi connectivity index (χ1v) is 7.09. The molecule has 0 aromatic rings. The number of primary amides is 1. The molecular formula is C14H26N4O4. The summed E-state index contributed by atoms with van der Waals surface area (Å²) in [6.07, 6.45) is 1.47. The quantitative estimate of drug-likeness (QED) is 0.367. The van der Waals surface area contributed by atoms with Gasteiger partial charge in [-0.1, -0.05) is 13.8 Å². The molecule has 0 aliphatic carbocycles. The van der Waals surface area contributed by atoms with Crippen molar-refractivity contribution >= 4 is 24.1 Å². The number of ether oxygens (including phenoxy) is 1. The van der Waals surface area contributed by atoms with E-state index in [1.165, 1.54) is 6.21 Å². The molecule has 22 heavy (non-hydrogen) atoms. The Balaban J connectivity index is 4.71. The van der Waals surface area contributed by atoms with Crippen molar-refractivity contribution in [3.05, 3.63) is 0 Å². The number of hydrazone groups is 1. The predicted molar refractivity (Wildman–Crippen MR) is 83.1 cm³/mol. The fourth-order valence-electron chi connectivity index (χ4n) is 1.53. The summed E-state index contributed by atoms with van der Waals surface area (Å²) in [5.74, 6) is -0.509. The highest BCUT2D eigenvalue weighted by Gasteiger charge is 2.21. The van der Waals surface area contributed by atoms with Gasteiger partial charge >= 0.3 is 12.0 Å². The maximum absolute atomic E-state index is 11.8. The Labute approximate surface area is 130 Å². The van der Waals surface area contributed by atoms with Gasteiger partial charge in [-0.05, 0) is 26.7 Å². The zero-order valence-electron chi connectivity index (χ0n) is 13.8. The molecule has 0 unspecified atom stereocenters. The number of urea groups is 1. The number of hydrogen-bond donors (Lipinski definition) is 3. The SMILES string of the molecule is CC(C)CC(=O)N[C@H](C=NNC(N)=O)CC(=O)OC(C)(C)C. The molecular weight excluding hydrogens is 288 g/mol. The van der Waals surface area contributed by atoms with Gasteiger partial charge in [0.2, 0.25) is 5.91 Å². The smallest absolute Gasteiger partial charge is 0.332 e. The van der Waals surface area contributed by atoms with Crippen molar-refractivity contribution in [3.8, 4) is 0 Å². The number of esters is 1. The molecule has 0 aromatic carbocycles. The molecule has 0 spiro atoms. The Hall–Kier alpha value is -2.12. The van der Waals surface area contributed by atoms with E-state index < -0.39 is 23.6 Å². The molecule has 0 heterocycles. The minimum atomic E-state index is -0.833. The fourth-order valence-corrected chi connectivity index (χ4v) is 1.53. The van der Waals surface area contributed by atoms with Crippen molar-refractivity contribution in [1.29, 1.82) is 0 Å². The molecule has 0 aliphatic heterocycles. The van der Waals surface area contributed by atoms with Gasteiger partial charge in [0.25, 0.3) is 0 Å². The van der Waals surface area contributed by atoms with Crippen LogP contribution in [0, 0.1) is 5.92 Å². The molecule has 0 radical (unpaired) electrons. The van der Waals surface area contributed by atoms with Crippen LogP contribution in [0.2, 0.25) is 0 Å². The summed E-state index contributed by atoms with van der Waals surface area (Å²) in [6.45, 7) is 9.07. The normalized spacial score (nSPS) is 13.0. The van der Waals surface area contributed by atoms with E-state index in [1.807, 2.05) is 19.3 Å². The zero-order chi connectivity index (χ0) is 17.3. The van der Waals surface area contributed by atoms with Crippen molar-refractivity contribution < 1.29 is 19.1 Å². The lowest BCUT2D eigenvalue weighted by molar-refractivity contribution is -0.155. The third-order valence-corrected chi connectivity index (χ3v) is 2.18. The summed E-state index contributed by atoms with van der Waals surface area (Å²) in [5, 5.41) is 6.24. The van der Waals surface area contributed by atoms with Crippen LogP contribution >= 0.6 is 0 Å². The third-order valence-electron chi connectivity index (χ3n) is 2.18. The van der Waals surface area contributed by atoms with Gasteiger partial charge in [-0.2, -0.15) is 5.10 Å². The van der Waals surface area contributed by atoms with Crippen LogP contribution < -0.4 is 16.5 Å². The molecule has 0 aliphatic rings. The number of nitrogens with one attached hydrogen (secondary N) is 2. The average Bonchev–Trinajstić information content (AvgIpc) is 2.23. The van der Waals surface area contributed by atoms with E-state index >= 15 is 0 Å². The standard InChI is InChI=1S/C14H26N4O4/c1-9(2)6-11(19)17-10(8-16-18-13(15)21)7-12(20)22-14(3,4)5/h8-10H,6-7H2,1-5H3,(H,17,19)(H3,15,18,21)/t10-/m0/s1. The summed E-state index contributed by atoms with van der Waals surface area (Å²) in [4.78, 5) is 34.2. The Bertz CT molecular complexity index is 427. The average molecular weight is 314 g/mol. The number of hydrogen-bond acceptors (Lipinski definition) is 5. The van der Waals surface area contributed by atoms with Crippen LogP contribution in [-0.2, 0) is 14.3 Å². The van der Waals surface area contributed by atoms with E-state index in [9.17, 15) is 14.4 Å².